The minimum atomic E-state index is -0.294. The molecule has 1 aliphatic rings. The van der Waals surface area contributed by atoms with Crippen LogP contribution in [0.2, 0.25) is 0 Å². The summed E-state index contributed by atoms with van der Waals surface area (Å²) in [4.78, 5) is 16.2. The van der Waals surface area contributed by atoms with E-state index in [0.29, 0.717) is 11.1 Å². The maximum absolute atomic E-state index is 11.8. The Kier molecular flexibility index (Phi) is 2.32. The van der Waals surface area contributed by atoms with Crippen LogP contribution in [0, 0.1) is 6.92 Å². The summed E-state index contributed by atoms with van der Waals surface area (Å²) in [6.45, 7) is 1.92. The van der Waals surface area contributed by atoms with Crippen molar-refractivity contribution < 1.29 is 4.42 Å². The Morgan fingerprint density at radius 2 is 2.24 bits per heavy atom. The van der Waals surface area contributed by atoms with E-state index < -0.39 is 0 Å². The summed E-state index contributed by atoms with van der Waals surface area (Å²) in [6, 6.07) is 5.48. The van der Waals surface area contributed by atoms with Gasteiger partial charge in [0, 0.05) is 11.8 Å². The van der Waals surface area contributed by atoms with Crippen LogP contribution in [0.3, 0.4) is 0 Å². The average Bonchev–Trinajstić information content (AvgIpc) is 2.81. The Hall–Kier alpha value is -1.90. The van der Waals surface area contributed by atoms with Gasteiger partial charge in [-0.3, -0.25) is 4.98 Å². The lowest BCUT2D eigenvalue weighted by Crippen LogP contribution is -2.03. The van der Waals surface area contributed by atoms with Crippen molar-refractivity contribution in [3.8, 4) is 0 Å². The van der Waals surface area contributed by atoms with Crippen LogP contribution in [0.25, 0.3) is 16.5 Å². The molecule has 1 aliphatic carbocycles. The summed E-state index contributed by atoms with van der Waals surface area (Å²) in [5, 5.41) is 0.554. The van der Waals surface area contributed by atoms with Gasteiger partial charge in [0.1, 0.15) is 5.76 Å². The number of fused-ring (bicyclic) bond motifs is 1. The van der Waals surface area contributed by atoms with Crippen molar-refractivity contribution in [1.29, 1.82) is 0 Å². The number of hydrogen-bond acceptors (Lipinski definition) is 3. The molecule has 3 heteroatoms. The highest BCUT2D eigenvalue weighted by atomic mass is 16.4. The SMILES string of the molecule is Cc1ccc2c(=O)oc(C3=CCCC3)cc2n1. The first-order valence-corrected chi connectivity index (χ1v) is 5.85. The van der Waals surface area contributed by atoms with Crippen LogP contribution in [0.5, 0.6) is 0 Å². The molecular formula is C14H13NO2. The highest BCUT2D eigenvalue weighted by Crippen LogP contribution is 2.27. The molecule has 86 valence electrons. The van der Waals surface area contributed by atoms with Crippen molar-refractivity contribution in [1.82, 2.24) is 4.98 Å². The highest BCUT2D eigenvalue weighted by molar-refractivity contribution is 5.80. The van der Waals surface area contributed by atoms with E-state index in [1.165, 1.54) is 0 Å². The third kappa shape index (κ3) is 1.78. The smallest absolute Gasteiger partial charge is 0.345 e. The van der Waals surface area contributed by atoms with Gasteiger partial charge in [-0.15, -0.1) is 0 Å². The lowest BCUT2D eigenvalue weighted by Gasteiger charge is -2.03. The van der Waals surface area contributed by atoms with Crippen molar-refractivity contribution in [2.45, 2.75) is 26.2 Å². The Bertz CT molecular complexity index is 667. The Morgan fingerprint density at radius 1 is 1.35 bits per heavy atom. The Morgan fingerprint density at radius 3 is 3.00 bits per heavy atom. The van der Waals surface area contributed by atoms with Crippen LogP contribution in [0.1, 0.15) is 30.7 Å². The van der Waals surface area contributed by atoms with Gasteiger partial charge in [-0.1, -0.05) is 6.08 Å². The van der Waals surface area contributed by atoms with E-state index in [2.05, 4.69) is 11.1 Å². The van der Waals surface area contributed by atoms with Gasteiger partial charge in [0.2, 0.25) is 0 Å². The van der Waals surface area contributed by atoms with E-state index in [1.54, 1.807) is 6.07 Å². The fourth-order valence-electron chi connectivity index (χ4n) is 2.22. The molecule has 0 fully saturated rings. The molecule has 0 aliphatic heterocycles. The van der Waals surface area contributed by atoms with E-state index in [4.69, 9.17) is 4.42 Å². The molecule has 17 heavy (non-hydrogen) atoms. The molecule has 0 saturated carbocycles. The second-order valence-corrected chi connectivity index (χ2v) is 4.41. The summed E-state index contributed by atoms with van der Waals surface area (Å²) in [5.74, 6) is 0.679. The number of aryl methyl sites for hydroxylation is 1. The minimum Gasteiger partial charge on any atom is -0.423 e. The molecule has 0 saturated heterocycles. The van der Waals surface area contributed by atoms with Gasteiger partial charge in [0.05, 0.1) is 10.9 Å². The molecule has 2 heterocycles. The predicted octanol–water partition coefficient (Wildman–Crippen LogP) is 3.06. The third-order valence-electron chi connectivity index (χ3n) is 3.11. The monoisotopic (exact) mass is 227 g/mol. The van der Waals surface area contributed by atoms with Crippen LogP contribution in [0.15, 0.2) is 33.5 Å². The zero-order valence-corrected chi connectivity index (χ0v) is 9.69. The van der Waals surface area contributed by atoms with E-state index in [-0.39, 0.29) is 5.63 Å². The second kappa shape index (κ2) is 3.84. The molecule has 0 N–H and O–H groups in total. The normalized spacial score (nSPS) is 15.2. The first-order valence-electron chi connectivity index (χ1n) is 5.85. The van der Waals surface area contributed by atoms with Gasteiger partial charge in [-0.2, -0.15) is 0 Å². The summed E-state index contributed by atoms with van der Waals surface area (Å²) in [7, 11) is 0. The lowest BCUT2D eigenvalue weighted by molar-refractivity contribution is 0.504. The standard InChI is InChI=1S/C14H13NO2/c1-9-6-7-11-12(15-9)8-13(17-14(11)16)10-4-2-3-5-10/h4,6-8H,2-3,5H2,1H3. The predicted molar refractivity (Wildman–Crippen MR) is 66.8 cm³/mol. The number of pyridine rings is 1. The zero-order valence-electron chi connectivity index (χ0n) is 9.69. The molecule has 0 bridgehead atoms. The Labute approximate surface area is 98.8 Å². The topological polar surface area (TPSA) is 43.1 Å². The van der Waals surface area contributed by atoms with Gasteiger partial charge in [-0.05, 0) is 43.9 Å². The number of rotatable bonds is 1. The van der Waals surface area contributed by atoms with Gasteiger partial charge >= 0.3 is 5.63 Å². The first-order chi connectivity index (χ1) is 8.24. The maximum Gasteiger partial charge on any atom is 0.345 e. The number of allylic oxidation sites excluding steroid dienone is 2. The van der Waals surface area contributed by atoms with Gasteiger partial charge in [0.15, 0.2) is 0 Å². The summed E-state index contributed by atoms with van der Waals surface area (Å²) >= 11 is 0. The molecule has 3 rings (SSSR count). The molecule has 2 aromatic rings. The van der Waals surface area contributed by atoms with Crippen molar-refractivity contribution >= 4 is 16.5 Å². The van der Waals surface area contributed by atoms with E-state index in [1.807, 2.05) is 19.1 Å². The first kappa shape index (κ1) is 10.3. The van der Waals surface area contributed by atoms with Gasteiger partial charge in [-0.25, -0.2) is 4.79 Å². The van der Waals surface area contributed by atoms with Gasteiger partial charge in [0.25, 0.3) is 0 Å². The molecule has 0 spiro atoms. The molecule has 3 nitrogen and oxygen atoms in total. The van der Waals surface area contributed by atoms with Crippen LogP contribution in [-0.4, -0.2) is 4.98 Å². The summed E-state index contributed by atoms with van der Waals surface area (Å²) < 4.78 is 5.35. The fraction of sp³-hybridized carbons (Fsp3) is 0.286. The quantitative estimate of drug-likeness (QED) is 0.752. The maximum atomic E-state index is 11.8. The fourth-order valence-corrected chi connectivity index (χ4v) is 2.22. The molecule has 0 unspecified atom stereocenters. The second-order valence-electron chi connectivity index (χ2n) is 4.41. The van der Waals surface area contributed by atoms with Crippen LogP contribution in [0.4, 0.5) is 0 Å². The third-order valence-corrected chi connectivity index (χ3v) is 3.11. The van der Waals surface area contributed by atoms with Crippen molar-refractivity contribution in [2.24, 2.45) is 0 Å². The van der Waals surface area contributed by atoms with E-state index in [9.17, 15) is 4.79 Å². The van der Waals surface area contributed by atoms with E-state index >= 15 is 0 Å². The molecule has 2 aromatic heterocycles. The van der Waals surface area contributed by atoms with E-state index in [0.717, 1.165) is 36.0 Å². The molecule has 0 atom stereocenters. The number of hydrogen-bond donors (Lipinski definition) is 0. The summed E-state index contributed by atoms with van der Waals surface area (Å²) in [5.41, 5.74) is 2.48. The van der Waals surface area contributed by atoms with Crippen molar-refractivity contribution in [2.75, 3.05) is 0 Å². The molecule has 0 amide bonds. The highest BCUT2D eigenvalue weighted by Gasteiger charge is 2.12. The van der Waals surface area contributed by atoms with Crippen molar-refractivity contribution in [3.05, 3.63) is 46.1 Å². The lowest BCUT2D eigenvalue weighted by atomic mass is 10.1. The molecule has 0 radical (unpaired) electrons. The minimum absolute atomic E-state index is 0.294. The van der Waals surface area contributed by atoms with Crippen LogP contribution < -0.4 is 5.63 Å². The number of nitrogens with zero attached hydrogens (tertiary/aromatic N) is 1. The molecular weight excluding hydrogens is 214 g/mol. The van der Waals surface area contributed by atoms with Gasteiger partial charge < -0.3 is 4.42 Å². The molecule has 0 aromatic carbocycles. The van der Waals surface area contributed by atoms with Crippen molar-refractivity contribution in [3.63, 3.8) is 0 Å². The van der Waals surface area contributed by atoms with Crippen LogP contribution in [-0.2, 0) is 0 Å². The number of aromatic nitrogens is 1. The Balaban J connectivity index is 2.25. The largest absolute Gasteiger partial charge is 0.423 e. The zero-order chi connectivity index (χ0) is 11.8. The summed E-state index contributed by atoms with van der Waals surface area (Å²) in [6.07, 6.45) is 5.33. The van der Waals surface area contributed by atoms with Crippen LogP contribution >= 0.6 is 0 Å². The average molecular weight is 227 g/mol.